The van der Waals surface area contributed by atoms with E-state index in [2.05, 4.69) is 45.3 Å². The van der Waals surface area contributed by atoms with Crippen LogP contribution in [0.25, 0.3) is 0 Å². The third kappa shape index (κ3) is 4.64. The van der Waals surface area contributed by atoms with Crippen molar-refractivity contribution >= 4 is 16.9 Å². The maximum Gasteiger partial charge on any atom is 0.501 e. The number of nitrogens with zero attached hydrogens (tertiary/aromatic N) is 1. The zero-order chi connectivity index (χ0) is 15.0. The summed E-state index contributed by atoms with van der Waals surface area (Å²) in [6.07, 6.45) is 0.634. The van der Waals surface area contributed by atoms with E-state index in [1.165, 1.54) is 6.04 Å². The van der Waals surface area contributed by atoms with E-state index in [9.17, 15) is 0 Å². The Morgan fingerprint density at radius 3 is 1.65 bits per heavy atom. The first-order valence-electron chi connectivity index (χ1n) is 7.93. The molecule has 3 aliphatic heterocycles. The Morgan fingerprint density at radius 1 is 0.900 bits per heavy atom. The van der Waals surface area contributed by atoms with Gasteiger partial charge in [0.15, 0.2) is 0 Å². The fourth-order valence-electron chi connectivity index (χ4n) is 3.13. The molecule has 3 aliphatic rings. The monoisotopic (exact) mass is 317 g/mol. The van der Waals surface area contributed by atoms with Crippen LogP contribution in [0.4, 0.5) is 0 Å². The minimum absolute atomic E-state index is 0.211. The molecule has 3 saturated heterocycles. The van der Waals surface area contributed by atoms with Gasteiger partial charge in [-0.2, -0.15) is 0 Å². The Kier molecular flexibility index (Phi) is 5.14. The molecule has 3 rings (SSSR count). The average Bonchev–Trinajstić information content (AvgIpc) is 2.20. The molecule has 0 amide bonds. The van der Waals surface area contributed by atoms with Gasteiger partial charge in [-0.1, -0.05) is 25.7 Å². The third-order valence-corrected chi connectivity index (χ3v) is 9.27. The molecule has 3 unspecified atom stereocenters. The first kappa shape index (κ1) is 16.6. The molecule has 0 N–H and O–H groups in total. The molecule has 0 aliphatic carbocycles. The summed E-state index contributed by atoms with van der Waals surface area (Å²) in [4.78, 5) is 2.41. The van der Waals surface area contributed by atoms with Crippen LogP contribution in [0, 0.1) is 0 Å². The van der Waals surface area contributed by atoms with E-state index in [-0.39, 0.29) is 18.3 Å². The van der Waals surface area contributed by atoms with Gasteiger partial charge >= 0.3 is 8.80 Å². The van der Waals surface area contributed by atoms with E-state index in [4.69, 9.17) is 13.3 Å². The van der Waals surface area contributed by atoms with Gasteiger partial charge in [0, 0.05) is 33.8 Å². The molecule has 118 valence electrons. The molecule has 3 atom stereocenters. The van der Waals surface area contributed by atoms with Gasteiger partial charge in [-0.3, -0.25) is 4.90 Å². The number of rotatable bonds is 3. The lowest BCUT2D eigenvalue weighted by Crippen LogP contribution is -2.61. The first-order valence-corrected chi connectivity index (χ1v) is 13.6. The zero-order valence-corrected chi connectivity index (χ0v) is 15.9. The Balaban J connectivity index is 2.18. The predicted molar refractivity (Wildman–Crippen MR) is 86.8 cm³/mol. The molecule has 0 aromatic carbocycles. The van der Waals surface area contributed by atoms with Crippen molar-refractivity contribution in [2.75, 3.05) is 19.6 Å². The Morgan fingerprint density at radius 2 is 1.30 bits per heavy atom. The maximum atomic E-state index is 6.36. The third-order valence-electron chi connectivity index (χ3n) is 3.87. The summed E-state index contributed by atoms with van der Waals surface area (Å²) in [5, 5.41) is 0. The molecular weight excluding hydrogens is 286 g/mol. The van der Waals surface area contributed by atoms with Crippen molar-refractivity contribution in [2.24, 2.45) is 0 Å². The van der Waals surface area contributed by atoms with Crippen LogP contribution < -0.4 is 0 Å². The summed E-state index contributed by atoms with van der Waals surface area (Å²) < 4.78 is 19.1. The van der Waals surface area contributed by atoms with Crippen molar-refractivity contribution in [1.82, 2.24) is 4.90 Å². The van der Waals surface area contributed by atoms with Crippen molar-refractivity contribution < 1.29 is 13.3 Å². The second-order valence-electron chi connectivity index (χ2n) is 7.75. The van der Waals surface area contributed by atoms with Crippen LogP contribution in [0.5, 0.6) is 0 Å². The predicted octanol–water partition coefficient (Wildman–Crippen LogP) is 2.81. The highest BCUT2D eigenvalue weighted by Gasteiger charge is 2.49. The van der Waals surface area contributed by atoms with Gasteiger partial charge in [-0.15, -0.1) is 0 Å². The number of hydrogen-bond donors (Lipinski definition) is 0. The molecule has 0 saturated carbocycles. The Labute approximate surface area is 126 Å². The molecule has 2 bridgehead atoms. The molecule has 0 aromatic heterocycles. The van der Waals surface area contributed by atoms with Gasteiger partial charge in [0.05, 0.1) is 18.3 Å². The summed E-state index contributed by atoms with van der Waals surface area (Å²) in [7, 11) is -3.63. The quantitative estimate of drug-likeness (QED) is 0.749. The average molecular weight is 318 g/mol. The van der Waals surface area contributed by atoms with Crippen LogP contribution in [-0.4, -0.2) is 59.7 Å². The number of fused-ring (bicyclic) bond motifs is 6. The molecular formula is C14H31NO3Si2. The molecule has 4 nitrogen and oxygen atoms in total. The fourth-order valence-corrected chi connectivity index (χ4v) is 9.94. The molecule has 20 heavy (non-hydrogen) atoms. The van der Waals surface area contributed by atoms with Crippen LogP contribution in [0.15, 0.2) is 0 Å². The lowest BCUT2D eigenvalue weighted by molar-refractivity contribution is -0.0783. The van der Waals surface area contributed by atoms with Gasteiger partial charge < -0.3 is 13.3 Å². The van der Waals surface area contributed by atoms with E-state index in [1.807, 2.05) is 0 Å². The van der Waals surface area contributed by atoms with Crippen LogP contribution >= 0.6 is 0 Å². The summed E-state index contributed by atoms with van der Waals surface area (Å²) in [5.74, 6) is 0. The normalized spacial score (nSPS) is 42.9. The van der Waals surface area contributed by atoms with Crippen LogP contribution in [0.1, 0.15) is 20.8 Å². The lowest BCUT2D eigenvalue weighted by atomic mass is 10.2. The summed E-state index contributed by atoms with van der Waals surface area (Å²) in [6, 6.07) is 2.21. The molecule has 0 aromatic rings. The molecule has 0 radical (unpaired) electrons. The van der Waals surface area contributed by atoms with Crippen molar-refractivity contribution in [3.05, 3.63) is 0 Å². The first-order chi connectivity index (χ1) is 9.17. The number of hydrogen-bond acceptors (Lipinski definition) is 4. The maximum absolute atomic E-state index is 6.36. The highest BCUT2D eigenvalue weighted by Crippen LogP contribution is 2.31. The smallest absolute Gasteiger partial charge is 0.369 e. The summed E-state index contributed by atoms with van der Waals surface area (Å²) >= 11 is 0. The largest absolute Gasteiger partial charge is 0.501 e. The van der Waals surface area contributed by atoms with E-state index < -0.39 is 16.9 Å². The van der Waals surface area contributed by atoms with Gasteiger partial charge in [0.2, 0.25) is 0 Å². The minimum atomic E-state index is -2.52. The van der Waals surface area contributed by atoms with Gasteiger partial charge in [-0.25, -0.2) is 0 Å². The zero-order valence-electron chi connectivity index (χ0n) is 13.9. The van der Waals surface area contributed by atoms with Crippen molar-refractivity contribution in [3.63, 3.8) is 0 Å². The topological polar surface area (TPSA) is 30.9 Å². The highest BCUT2D eigenvalue weighted by molar-refractivity contribution is 6.77. The molecule has 6 heteroatoms. The van der Waals surface area contributed by atoms with E-state index in [1.54, 1.807) is 0 Å². The van der Waals surface area contributed by atoms with E-state index >= 15 is 0 Å². The van der Waals surface area contributed by atoms with Crippen molar-refractivity contribution in [1.29, 1.82) is 0 Å². The van der Waals surface area contributed by atoms with Crippen molar-refractivity contribution in [2.45, 2.75) is 70.8 Å². The van der Waals surface area contributed by atoms with Gasteiger partial charge in [0.1, 0.15) is 0 Å². The fraction of sp³-hybridized carbons (Fsp3) is 1.00. The molecule has 3 fully saturated rings. The van der Waals surface area contributed by atoms with Crippen LogP contribution in [-0.2, 0) is 13.3 Å². The molecule has 3 heterocycles. The van der Waals surface area contributed by atoms with Crippen molar-refractivity contribution in [3.8, 4) is 0 Å². The summed E-state index contributed by atoms with van der Waals surface area (Å²) in [5.41, 5.74) is 0. The Bertz CT molecular complexity index is 299. The lowest BCUT2D eigenvalue weighted by Gasteiger charge is -2.45. The second-order valence-corrected chi connectivity index (χ2v) is 15.9. The SMILES string of the molecule is CC1CN2CC(C)O[Si](CC[Si](C)(C)C)(O1)OC(C)C2. The second kappa shape index (κ2) is 6.18. The molecule has 0 spiro atoms. The highest BCUT2D eigenvalue weighted by atomic mass is 28.4. The van der Waals surface area contributed by atoms with Gasteiger partial charge in [0.25, 0.3) is 0 Å². The van der Waals surface area contributed by atoms with Crippen LogP contribution in [0.2, 0.25) is 31.7 Å². The van der Waals surface area contributed by atoms with Gasteiger partial charge in [-0.05, 0) is 20.8 Å². The summed E-state index contributed by atoms with van der Waals surface area (Å²) in [6.45, 7) is 16.7. The van der Waals surface area contributed by atoms with E-state index in [0.29, 0.717) is 0 Å². The standard InChI is InChI=1S/C14H31NO3Si2/c1-12-9-15-10-13(2)17-20(16-12,18-14(3)11-15)8-7-19(4,5)6/h12-14H,7-11H2,1-6H3. The minimum Gasteiger partial charge on any atom is -0.369 e. The Hall–Kier alpha value is 0.274. The van der Waals surface area contributed by atoms with E-state index in [0.717, 1.165) is 25.7 Å². The van der Waals surface area contributed by atoms with Crippen LogP contribution in [0.3, 0.4) is 0 Å².